The van der Waals surface area contributed by atoms with E-state index in [1.54, 1.807) is 16.9 Å². The summed E-state index contributed by atoms with van der Waals surface area (Å²) in [7, 11) is 0. The van der Waals surface area contributed by atoms with Crippen molar-refractivity contribution in [2.75, 3.05) is 19.7 Å². The molecule has 198 valence electrons. The standard InChI is InChI=1S/C24H23N5O2.C2HF3O2/c30-23(9-6-18-4-2-1-3-5-18)28-14-15-31-22(17-28)24-21-8-7-20(16-29(21)27-26-24)19-10-12-25-13-11-19;3-2(4,5)1(6)7/h1-5,7-8,10-13,16,22H,6,9,14-15,17H2;(H,6,7). The van der Waals surface area contributed by atoms with Crippen LogP contribution in [0.2, 0.25) is 0 Å². The number of aliphatic carboxylic acids is 1. The minimum Gasteiger partial charge on any atom is -0.475 e. The Morgan fingerprint density at radius 1 is 1.03 bits per heavy atom. The first-order chi connectivity index (χ1) is 18.2. The number of aryl methyl sites for hydroxylation is 1. The van der Waals surface area contributed by atoms with Crippen LogP contribution in [0, 0.1) is 0 Å². The highest BCUT2D eigenvalue weighted by atomic mass is 19.4. The first-order valence-electron chi connectivity index (χ1n) is 11.7. The van der Waals surface area contributed by atoms with Crippen LogP contribution in [0.25, 0.3) is 16.6 Å². The van der Waals surface area contributed by atoms with Gasteiger partial charge in [-0.15, -0.1) is 5.10 Å². The number of carbonyl (C=O) groups excluding carboxylic acids is 1. The highest BCUT2D eigenvalue weighted by molar-refractivity contribution is 5.76. The number of carbonyl (C=O) groups is 2. The predicted molar refractivity (Wildman–Crippen MR) is 130 cm³/mol. The Kier molecular flexibility index (Phi) is 8.31. The predicted octanol–water partition coefficient (Wildman–Crippen LogP) is 3.96. The Labute approximate surface area is 215 Å². The number of carboxylic acids is 1. The van der Waals surface area contributed by atoms with Crippen LogP contribution < -0.4 is 0 Å². The van der Waals surface area contributed by atoms with Crippen LogP contribution >= 0.6 is 0 Å². The highest BCUT2D eigenvalue weighted by Gasteiger charge is 2.38. The van der Waals surface area contributed by atoms with Crippen molar-refractivity contribution < 1.29 is 32.6 Å². The number of hydrogen-bond donors (Lipinski definition) is 1. The minimum atomic E-state index is -5.08. The van der Waals surface area contributed by atoms with Gasteiger partial charge in [0.1, 0.15) is 11.8 Å². The summed E-state index contributed by atoms with van der Waals surface area (Å²) in [5.41, 5.74) is 4.94. The number of halogens is 3. The number of amides is 1. The molecule has 9 nitrogen and oxygen atoms in total. The van der Waals surface area contributed by atoms with E-state index in [1.807, 2.05) is 53.6 Å². The van der Waals surface area contributed by atoms with Crippen LogP contribution in [0.4, 0.5) is 13.2 Å². The van der Waals surface area contributed by atoms with Gasteiger partial charge in [0.15, 0.2) is 0 Å². The van der Waals surface area contributed by atoms with E-state index in [4.69, 9.17) is 14.6 Å². The lowest BCUT2D eigenvalue weighted by atomic mass is 10.1. The van der Waals surface area contributed by atoms with Gasteiger partial charge in [-0.05, 0) is 35.7 Å². The van der Waals surface area contributed by atoms with Crippen molar-refractivity contribution in [3.05, 3.63) is 84.4 Å². The number of hydrogen-bond acceptors (Lipinski definition) is 6. The third kappa shape index (κ3) is 6.71. The summed E-state index contributed by atoms with van der Waals surface area (Å²) >= 11 is 0. The lowest BCUT2D eigenvalue weighted by Gasteiger charge is -2.32. The van der Waals surface area contributed by atoms with Gasteiger partial charge in [0.2, 0.25) is 5.91 Å². The molecule has 0 bridgehead atoms. The molecule has 1 N–H and O–H groups in total. The minimum absolute atomic E-state index is 0.147. The van der Waals surface area contributed by atoms with E-state index in [-0.39, 0.29) is 12.0 Å². The maximum Gasteiger partial charge on any atom is 0.490 e. The summed E-state index contributed by atoms with van der Waals surface area (Å²) in [4.78, 5) is 27.6. The van der Waals surface area contributed by atoms with E-state index in [9.17, 15) is 18.0 Å². The van der Waals surface area contributed by atoms with Gasteiger partial charge in [0, 0.05) is 37.1 Å². The van der Waals surface area contributed by atoms with Crippen LogP contribution in [-0.4, -0.2) is 67.6 Å². The van der Waals surface area contributed by atoms with E-state index in [2.05, 4.69) is 27.4 Å². The molecule has 1 aromatic carbocycles. The SMILES string of the molecule is O=C(CCc1ccccc1)N1CCOC(c2nnn3cc(-c4ccncc4)ccc23)C1.O=C(O)C(F)(F)F. The van der Waals surface area contributed by atoms with Crippen molar-refractivity contribution in [2.45, 2.75) is 25.1 Å². The Morgan fingerprint density at radius 3 is 2.42 bits per heavy atom. The zero-order valence-corrected chi connectivity index (χ0v) is 20.1. The van der Waals surface area contributed by atoms with Gasteiger partial charge in [0.05, 0.1) is 18.7 Å². The van der Waals surface area contributed by atoms with E-state index < -0.39 is 12.1 Å². The molecular formula is C26H24F3N5O4. The van der Waals surface area contributed by atoms with Crippen LogP contribution in [0.15, 0.2) is 73.2 Å². The summed E-state index contributed by atoms with van der Waals surface area (Å²) in [6.45, 7) is 1.60. The maximum absolute atomic E-state index is 12.8. The van der Waals surface area contributed by atoms with Gasteiger partial charge < -0.3 is 14.7 Å². The number of morpholine rings is 1. The fourth-order valence-corrected chi connectivity index (χ4v) is 3.95. The first kappa shape index (κ1) is 26.7. The summed E-state index contributed by atoms with van der Waals surface area (Å²) < 4.78 is 39.5. The molecule has 0 spiro atoms. The molecule has 3 aromatic heterocycles. The lowest BCUT2D eigenvalue weighted by Crippen LogP contribution is -2.42. The van der Waals surface area contributed by atoms with Gasteiger partial charge in [0.25, 0.3) is 0 Å². The zero-order valence-electron chi connectivity index (χ0n) is 20.1. The van der Waals surface area contributed by atoms with Gasteiger partial charge in [-0.2, -0.15) is 13.2 Å². The average Bonchev–Trinajstić information content (AvgIpc) is 3.36. The number of rotatable bonds is 5. The number of alkyl halides is 3. The quantitative estimate of drug-likeness (QED) is 0.418. The molecule has 0 saturated carbocycles. The molecule has 1 saturated heterocycles. The fraction of sp³-hybridized carbons (Fsp3) is 0.269. The number of aromatic nitrogens is 4. The van der Waals surface area contributed by atoms with Gasteiger partial charge in [-0.25, -0.2) is 9.31 Å². The highest BCUT2D eigenvalue weighted by Crippen LogP contribution is 2.27. The molecule has 1 fully saturated rings. The summed E-state index contributed by atoms with van der Waals surface area (Å²) in [5.74, 6) is -2.61. The molecule has 0 aliphatic carbocycles. The van der Waals surface area contributed by atoms with Gasteiger partial charge in [-0.3, -0.25) is 9.78 Å². The smallest absolute Gasteiger partial charge is 0.475 e. The third-order valence-electron chi connectivity index (χ3n) is 5.89. The lowest BCUT2D eigenvalue weighted by molar-refractivity contribution is -0.192. The van der Waals surface area contributed by atoms with Gasteiger partial charge in [-0.1, -0.05) is 41.6 Å². The largest absolute Gasteiger partial charge is 0.490 e. The Hall–Kier alpha value is -4.32. The van der Waals surface area contributed by atoms with Crippen LogP contribution in [0.3, 0.4) is 0 Å². The van der Waals surface area contributed by atoms with Gasteiger partial charge >= 0.3 is 12.1 Å². The van der Waals surface area contributed by atoms with Crippen LogP contribution in [-0.2, 0) is 20.7 Å². The first-order valence-corrected chi connectivity index (χ1v) is 11.7. The van der Waals surface area contributed by atoms with Crippen LogP contribution in [0.1, 0.15) is 23.8 Å². The second-order valence-electron chi connectivity index (χ2n) is 8.45. The molecule has 5 rings (SSSR count). The fourth-order valence-electron chi connectivity index (χ4n) is 3.95. The van der Waals surface area contributed by atoms with E-state index >= 15 is 0 Å². The molecule has 1 unspecified atom stereocenters. The number of fused-ring (bicyclic) bond motifs is 1. The molecule has 4 heterocycles. The average molecular weight is 528 g/mol. The molecule has 1 aliphatic rings. The van der Waals surface area contributed by atoms with E-state index in [0.717, 1.165) is 28.8 Å². The van der Waals surface area contributed by atoms with Crippen molar-refractivity contribution in [1.29, 1.82) is 0 Å². The molecule has 0 radical (unpaired) electrons. The molecular weight excluding hydrogens is 503 g/mol. The summed E-state index contributed by atoms with van der Waals surface area (Å²) in [6.07, 6.45) is 1.37. The molecule has 1 atom stereocenters. The van der Waals surface area contributed by atoms with Crippen molar-refractivity contribution in [2.24, 2.45) is 0 Å². The van der Waals surface area contributed by atoms with Crippen molar-refractivity contribution in [3.63, 3.8) is 0 Å². The second kappa shape index (κ2) is 11.8. The molecule has 1 aliphatic heterocycles. The third-order valence-corrected chi connectivity index (χ3v) is 5.89. The van der Waals surface area contributed by atoms with Crippen molar-refractivity contribution in [1.82, 2.24) is 24.7 Å². The second-order valence-corrected chi connectivity index (χ2v) is 8.45. The number of pyridine rings is 2. The zero-order chi connectivity index (χ0) is 27.1. The number of carboxylic acid groups (broad SMARTS) is 1. The topological polar surface area (TPSA) is 110 Å². The number of nitrogens with zero attached hydrogens (tertiary/aromatic N) is 5. The maximum atomic E-state index is 12.8. The number of ether oxygens (including phenoxy) is 1. The molecule has 38 heavy (non-hydrogen) atoms. The Bertz CT molecular complexity index is 1380. The van der Waals surface area contributed by atoms with E-state index in [0.29, 0.717) is 26.1 Å². The monoisotopic (exact) mass is 527 g/mol. The summed E-state index contributed by atoms with van der Waals surface area (Å²) in [5, 5.41) is 15.8. The Morgan fingerprint density at radius 2 is 1.74 bits per heavy atom. The molecule has 12 heteroatoms. The normalized spacial score (nSPS) is 15.6. The van der Waals surface area contributed by atoms with Crippen LogP contribution in [0.5, 0.6) is 0 Å². The summed E-state index contributed by atoms with van der Waals surface area (Å²) in [6, 6.07) is 18.1. The molecule has 1 amide bonds. The Balaban J connectivity index is 0.000000426. The van der Waals surface area contributed by atoms with Crippen molar-refractivity contribution >= 4 is 17.4 Å². The van der Waals surface area contributed by atoms with Crippen molar-refractivity contribution in [3.8, 4) is 11.1 Å². The van der Waals surface area contributed by atoms with E-state index in [1.165, 1.54) is 5.56 Å². The molecule has 4 aromatic rings. The number of benzene rings is 1.